The van der Waals surface area contributed by atoms with Gasteiger partial charge in [-0.15, -0.1) is 11.3 Å². The summed E-state index contributed by atoms with van der Waals surface area (Å²) in [7, 11) is 0. The topological polar surface area (TPSA) is 90.7 Å². The Bertz CT molecular complexity index is 1260. The van der Waals surface area contributed by atoms with E-state index in [9.17, 15) is 19.3 Å². The Labute approximate surface area is 185 Å². The van der Waals surface area contributed by atoms with E-state index in [0.29, 0.717) is 17.2 Å². The normalized spacial score (nSPS) is 10.4. The first-order valence-electron chi connectivity index (χ1n) is 9.33. The summed E-state index contributed by atoms with van der Waals surface area (Å²) >= 11 is 1.11. The highest BCUT2D eigenvalue weighted by atomic mass is 32.1. The van der Waals surface area contributed by atoms with Crippen LogP contribution in [0.5, 0.6) is 23.0 Å². The van der Waals surface area contributed by atoms with Gasteiger partial charge in [-0.2, -0.15) is 0 Å². The quantitative estimate of drug-likeness (QED) is 0.252. The van der Waals surface area contributed by atoms with Gasteiger partial charge in [0.2, 0.25) is 5.75 Å². The summed E-state index contributed by atoms with van der Waals surface area (Å²) in [6.45, 7) is 0. The molecular formula is C23H15FN2O5S. The Morgan fingerprint density at radius 3 is 2.34 bits per heavy atom. The monoisotopic (exact) mass is 450 g/mol. The highest BCUT2D eigenvalue weighted by Gasteiger charge is 2.21. The van der Waals surface area contributed by atoms with E-state index in [0.717, 1.165) is 29.5 Å². The minimum Gasteiger partial charge on any atom is -0.457 e. The first-order valence-corrected chi connectivity index (χ1v) is 10.2. The Morgan fingerprint density at radius 1 is 0.906 bits per heavy atom. The SMILES string of the molecule is O=C(Nc1ccc(Oc2ccccc2)cc1)c1sccc1Oc1ccc(F)cc1[N+](=O)[O-]. The van der Waals surface area contributed by atoms with E-state index in [1.165, 1.54) is 6.07 Å². The molecule has 4 aromatic rings. The van der Waals surface area contributed by atoms with Crippen LogP contribution in [0.3, 0.4) is 0 Å². The maximum atomic E-state index is 13.4. The number of carbonyl (C=O) groups excluding carboxylic acids is 1. The lowest BCUT2D eigenvalue weighted by Gasteiger charge is -2.09. The van der Waals surface area contributed by atoms with Crippen LogP contribution in [0.2, 0.25) is 0 Å². The minimum absolute atomic E-state index is 0.131. The highest BCUT2D eigenvalue weighted by Crippen LogP contribution is 2.36. The zero-order valence-electron chi connectivity index (χ0n) is 16.4. The second-order valence-electron chi connectivity index (χ2n) is 6.48. The largest absolute Gasteiger partial charge is 0.457 e. The molecule has 1 N–H and O–H groups in total. The van der Waals surface area contributed by atoms with Crippen molar-refractivity contribution < 1.29 is 23.6 Å². The van der Waals surface area contributed by atoms with Crippen molar-refractivity contribution in [2.45, 2.75) is 0 Å². The van der Waals surface area contributed by atoms with Crippen molar-refractivity contribution in [1.82, 2.24) is 0 Å². The van der Waals surface area contributed by atoms with Gasteiger partial charge in [0, 0.05) is 5.69 Å². The molecule has 0 aliphatic heterocycles. The highest BCUT2D eigenvalue weighted by molar-refractivity contribution is 7.12. The molecule has 0 unspecified atom stereocenters. The summed E-state index contributed by atoms with van der Waals surface area (Å²) in [6.07, 6.45) is 0. The van der Waals surface area contributed by atoms with Crippen LogP contribution < -0.4 is 14.8 Å². The van der Waals surface area contributed by atoms with Crippen LogP contribution >= 0.6 is 11.3 Å². The van der Waals surface area contributed by atoms with E-state index in [1.807, 2.05) is 30.3 Å². The molecule has 1 heterocycles. The van der Waals surface area contributed by atoms with Gasteiger partial charge in [0.15, 0.2) is 5.75 Å². The average molecular weight is 450 g/mol. The second kappa shape index (κ2) is 9.27. The number of nitrogens with one attached hydrogen (secondary N) is 1. The molecule has 0 atom stereocenters. The molecule has 0 radical (unpaired) electrons. The van der Waals surface area contributed by atoms with E-state index in [1.54, 1.807) is 29.6 Å². The van der Waals surface area contributed by atoms with Gasteiger partial charge in [0.1, 0.15) is 22.2 Å². The molecule has 0 spiro atoms. The minimum atomic E-state index is -0.757. The van der Waals surface area contributed by atoms with Crippen LogP contribution in [-0.2, 0) is 0 Å². The lowest BCUT2D eigenvalue weighted by atomic mass is 10.2. The van der Waals surface area contributed by atoms with Crippen LogP contribution in [0.4, 0.5) is 15.8 Å². The van der Waals surface area contributed by atoms with E-state index in [-0.39, 0.29) is 16.4 Å². The number of para-hydroxylation sites is 1. The van der Waals surface area contributed by atoms with Crippen molar-refractivity contribution in [2.75, 3.05) is 5.32 Å². The molecule has 0 saturated carbocycles. The zero-order valence-corrected chi connectivity index (χ0v) is 17.2. The van der Waals surface area contributed by atoms with Gasteiger partial charge in [-0.3, -0.25) is 14.9 Å². The fourth-order valence-electron chi connectivity index (χ4n) is 2.80. The van der Waals surface area contributed by atoms with Crippen molar-refractivity contribution in [2.24, 2.45) is 0 Å². The number of carbonyl (C=O) groups is 1. The fraction of sp³-hybridized carbons (Fsp3) is 0. The Kier molecular flexibility index (Phi) is 6.09. The second-order valence-corrected chi connectivity index (χ2v) is 7.39. The molecule has 4 rings (SSSR count). The molecule has 0 saturated heterocycles. The Hall–Kier alpha value is -4.24. The number of ether oxygens (including phenoxy) is 2. The van der Waals surface area contributed by atoms with Crippen LogP contribution in [0.1, 0.15) is 9.67 Å². The van der Waals surface area contributed by atoms with Gasteiger partial charge in [0.25, 0.3) is 5.91 Å². The van der Waals surface area contributed by atoms with E-state index in [2.05, 4.69) is 5.32 Å². The summed E-state index contributed by atoms with van der Waals surface area (Å²) in [5.41, 5.74) is -0.000845. The summed E-state index contributed by atoms with van der Waals surface area (Å²) in [6, 6.07) is 20.6. The number of amides is 1. The predicted molar refractivity (Wildman–Crippen MR) is 118 cm³/mol. The molecule has 1 amide bonds. The average Bonchev–Trinajstić information content (AvgIpc) is 3.25. The number of nitro groups is 1. The standard InChI is InChI=1S/C23H15FN2O5S/c24-15-6-11-20(19(14-15)26(28)29)31-21-12-13-32-22(21)23(27)25-16-7-9-18(10-8-16)30-17-4-2-1-3-5-17/h1-14H,(H,25,27). The number of anilines is 1. The first-order chi connectivity index (χ1) is 15.5. The van der Waals surface area contributed by atoms with Crippen molar-refractivity contribution >= 4 is 28.6 Å². The van der Waals surface area contributed by atoms with Gasteiger partial charge in [-0.05, 0) is 60.0 Å². The third kappa shape index (κ3) is 4.90. The van der Waals surface area contributed by atoms with E-state index >= 15 is 0 Å². The van der Waals surface area contributed by atoms with Gasteiger partial charge in [0.05, 0.1) is 11.0 Å². The van der Waals surface area contributed by atoms with Gasteiger partial charge in [-0.25, -0.2) is 4.39 Å². The van der Waals surface area contributed by atoms with E-state index in [4.69, 9.17) is 9.47 Å². The molecule has 9 heteroatoms. The molecule has 0 fully saturated rings. The van der Waals surface area contributed by atoms with Gasteiger partial charge >= 0.3 is 5.69 Å². The van der Waals surface area contributed by atoms with Crippen molar-refractivity contribution in [1.29, 1.82) is 0 Å². The van der Waals surface area contributed by atoms with Crippen LogP contribution in [0, 0.1) is 15.9 Å². The van der Waals surface area contributed by atoms with Crippen molar-refractivity contribution in [3.05, 3.63) is 105 Å². The molecule has 7 nitrogen and oxygen atoms in total. The number of halogens is 1. The number of nitro benzene ring substituents is 1. The predicted octanol–water partition coefficient (Wildman–Crippen LogP) is 6.63. The summed E-state index contributed by atoms with van der Waals surface area (Å²) in [5.74, 6) is 0.0681. The van der Waals surface area contributed by atoms with E-state index < -0.39 is 22.3 Å². The molecule has 0 aliphatic carbocycles. The number of nitrogens with zero attached hydrogens (tertiary/aromatic N) is 1. The molecule has 0 bridgehead atoms. The van der Waals surface area contributed by atoms with Crippen LogP contribution in [-0.4, -0.2) is 10.8 Å². The number of benzene rings is 3. The summed E-state index contributed by atoms with van der Waals surface area (Å²) in [5, 5.41) is 15.5. The molecule has 0 aliphatic rings. The smallest absolute Gasteiger partial charge is 0.314 e. The lowest BCUT2D eigenvalue weighted by Crippen LogP contribution is -2.11. The maximum absolute atomic E-state index is 13.4. The lowest BCUT2D eigenvalue weighted by molar-refractivity contribution is -0.385. The Balaban J connectivity index is 1.46. The van der Waals surface area contributed by atoms with Gasteiger partial charge < -0.3 is 14.8 Å². The van der Waals surface area contributed by atoms with Crippen LogP contribution in [0.15, 0.2) is 84.2 Å². The van der Waals surface area contributed by atoms with Crippen molar-refractivity contribution in [3.63, 3.8) is 0 Å². The number of hydrogen-bond acceptors (Lipinski definition) is 6. The summed E-state index contributed by atoms with van der Waals surface area (Å²) < 4.78 is 24.6. The number of rotatable bonds is 7. The Morgan fingerprint density at radius 2 is 1.62 bits per heavy atom. The third-order valence-electron chi connectivity index (χ3n) is 4.26. The number of thiophene rings is 1. The third-order valence-corrected chi connectivity index (χ3v) is 5.16. The van der Waals surface area contributed by atoms with Crippen LogP contribution in [0.25, 0.3) is 0 Å². The summed E-state index contributed by atoms with van der Waals surface area (Å²) in [4.78, 5) is 23.4. The first kappa shape index (κ1) is 21.0. The number of hydrogen-bond donors (Lipinski definition) is 1. The molecule has 32 heavy (non-hydrogen) atoms. The molecule has 1 aromatic heterocycles. The zero-order chi connectivity index (χ0) is 22.5. The van der Waals surface area contributed by atoms with Crippen molar-refractivity contribution in [3.8, 4) is 23.0 Å². The fourth-order valence-corrected chi connectivity index (χ4v) is 3.51. The molecular weight excluding hydrogens is 435 g/mol. The van der Waals surface area contributed by atoms with Gasteiger partial charge in [-0.1, -0.05) is 18.2 Å². The maximum Gasteiger partial charge on any atom is 0.314 e. The molecule has 3 aromatic carbocycles. The molecule has 160 valence electrons.